The predicted molar refractivity (Wildman–Crippen MR) is 84.7 cm³/mol. The van der Waals surface area contributed by atoms with Crippen LogP contribution in [0.25, 0.3) is 11.2 Å². The van der Waals surface area contributed by atoms with Crippen LogP contribution in [0.2, 0.25) is 0 Å². The Kier molecular flexibility index (Phi) is 3.96. The molecule has 1 aliphatic rings. The van der Waals surface area contributed by atoms with Gasteiger partial charge in [-0.2, -0.15) is 5.10 Å². The Morgan fingerprint density at radius 1 is 1.45 bits per heavy atom. The zero-order valence-electron chi connectivity index (χ0n) is 13.1. The fourth-order valence-electron chi connectivity index (χ4n) is 2.73. The highest BCUT2D eigenvalue weighted by atomic mass is 16.5. The summed E-state index contributed by atoms with van der Waals surface area (Å²) in [5, 5.41) is 4.33. The molecule has 0 aromatic carbocycles. The van der Waals surface area contributed by atoms with Gasteiger partial charge in [0.15, 0.2) is 11.3 Å². The van der Waals surface area contributed by atoms with Gasteiger partial charge in [0, 0.05) is 11.8 Å². The average Bonchev–Trinajstić information content (AvgIpc) is 2.86. The molecule has 0 unspecified atom stereocenters. The summed E-state index contributed by atoms with van der Waals surface area (Å²) in [5.41, 5.74) is 3.82. The summed E-state index contributed by atoms with van der Waals surface area (Å²) in [7, 11) is 0. The molecule has 2 aromatic heterocycles. The van der Waals surface area contributed by atoms with Gasteiger partial charge in [0.25, 0.3) is 0 Å². The Bertz CT molecular complexity index is 729. The largest absolute Gasteiger partial charge is 0.461 e. The van der Waals surface area contributed by atoms with Crippen LogP contribution >= 0.6 is 0 Å². The van der Waals surface area contributed by atoms with Gasteiger partial charge in [-0.15, -0.1) is 0 Å². The third-order valence-corrected chi connectivity index (χ3v) is 4.12. The van der Waals surface area contributed by atoms with E-state index < -0.39 is 5.97 Å². The van der Waals surface area contributed by atoms with Crippen LogP contribution in [0.1, 0.15) is 55.0 Å². The number of carbonyl (C=O) groups is 1. The Hall–Kier alpha value is -2.17. The lowest BCUT2D eigenvalue weighted by molar-refractivity contribution is 0.0519. The molecule has 1 aliphatic carbocycles. The smallest absolute Gasteiger partial charge is 0.358 e. The summed E-state index contributed by atoms with van der Waals surface area (Å²) in [4.78, 5) is 16.5. The van der Waals surface area contributed by atoms with Gasteiger partial charge in [0.2, 0.25) is 0 Å². The maximum atomic E-state index is 11.9. The summed E-state index contributed by atoms with van der Waals surface area (Å²) in [6.07, 6.45) is 4.86. The van der Waals surface area contributed by atoms with E-state index in [0.717, 1.165) is 29.3 Å². The second-order valence-corrected chi connectivity index (χ2v) is 5.93. The first kappa shape index (κ1) is 14.8. The van der Waals surface area contributed by atoms with Crippen LogP contribution in [0, 0.1) is 5.92 Å². The number of fused-ring (bicyclic) bond motifs is 1. The van der Waals surface area contributed by atoms with Crippen molar-refractivity contribution in [3.63, 3.8) is 0 Å². The minimum Gasteiger partial charge on any atom is -0.461 e. The quantitative estimate of drug-likeness (QED) is 0.795. The third-order valence-electron chi connectivity index (χ3n) is 4.12. The lowest BCUT2D eigenvalue weighted by Crippen LogP contribution is -2.15. The topological polar surface area (TPSA) is 56.5 Å². The number of esters is 1. The number of rotatable bonds is 5. The molecule has 116 valence electrons. The van der Waals surface area contributed by atoms with Gasteiger partial charge >= 0.3 is 5.97 Å². The first-order valence-electron chi connectivity index (χ1n) is 7.81. The van der Waals surface area contributed by atoms with Crippen molar-refractivity contribution in [2.45, 2.75) is 39.5 Å². The Morgan fingerprint density at radius 3 is 2.82 bits per heavy atom. The van der Waals surface area contributed by atoms with Gasteiger partial charge in [-0.3, -0.25) is 0 Å². The molecule has 2 aromatic rings. The molecule has 3 rings (SSSR count). The molecular formula is C17H21N3O2. The monoisotopic (exact) mass is 299 g/mol. The summed E-state index contributed by atoms with van der Waals surface area (Å²) in [6, 6.07) is 3.73. The highest BCUT2D eigenvalue weighted by molar-refractivity contribution is 5.88. The number of hydrogen-bond acceptors (Lipinski definition) is 4. The first-order chi connectivity index (χ1) is 10.6. The Morgan fingerprint density at radius 2 is 2.23 bits per heavy atom. The van der Waals surface area contributed by atoms with Gasteiger partial charge in [-0.1, -0.05) is 25.8 Å². The molecule has 0 atom stereocenters. The molecule has 0 spiro atoms. The number of allylic oxidation sites excluding steroid dienone is 1. The zero-order chi connectivity index (χ0) is 15.7. The summed E-state index contributed by atoms with van der Waals surface area (Å²) >= 11 is 0. The van der Waals surface area contributed by atoms with E-state index in [4.69, 9.17) is 4.74 Å². The second kappa shape index (κ2) is 5.91. The van der Waals surface area contributed by atoms with E-state index in [0.29, 0.717) is 12.3 Å². The van der Waals surface area contributed by atoms with Crippen LogP contribution in [0.15, 0.2) is 18.7 Å². The molecule has 5 heteroatoms. The molecule has 0 radical (unpaired) electrons. The standard InChI is InChI=1S/C17H21N3O2/c1-4-22-17(21)14-10-16-18-13(8-12-6-5-7-12)9-15(11(2)3)20(16)19-14/h9-10,12H,2,4-8H2,1,3H3. The Labute approximate surface area is 130 Å². The van der Waals surface area contributed by atoms with Crippen LogP contribution < -0.4 is 0 Å². The third kappa shape index (κ3) is 2.75. The maximum Gasteiger partial charge on any atom is 0.358 e. The molecule has 0 aliphatic heterocycles. The minimum absolute atomic E-state index is 0.289. The van der Waals surface area contributed by atoms with Crippen molar-refractivity contribution in [2.75, 3.05) is 6.61 Å². The lowest BCUT2D eigenvalue weighted by Gasteiger charge is -2.25. The van der Waals surface area contributed by atoms with Crippen LogP contribution in [0.3, 0.4) is 0 Å². The molecule has 2 heterocycles. The van der Waals surface area contributed by atoms with Gasteiger partial charge < -0.3 is 4.74 Å². The van der Waals surface area contributed by atoms with Crippen molar-refractivity contribution >= 4 is 17.2 Å². The molecule has 1 saturated carbocycles. The fourth-order valence-corrected chi connectivity index (χ4v) is 2.73. The van der Waals surface area contributed by atoms with Crippen LogP contribution in [-0.4, -0.2) is 27.2 Å². The predicted octanol–water partition coefficient (Wildman–Crippen LogP) is 3.28. The average molecular weight is 299 g/mol. The molecule has 5 nitrogen and oxygen atoms in total. The first-order valence-corrected chi connectivity index (χ1v) is 7.81. The highest BCUT2D eigenvalue weighted by Crippen LogP contribution is 2.30. The van der Waals surface area contributed by atoms with Crippen LogP contribution in [0.4, 0.5) is 0 Å². The van der Waals surface area contributed by atoms with Crippen molar-refractivity contribution in [1.29, 1.82) is 0 Å². The fraction of sp³-hybridized carbons (Fsp3) is 0.471. The van der Waals surface area contributed by atoms with Gasteiger partial charge in [-0.25, -0.2) is 14.3 Å². The van der Waals surface area contributed by atoms with Gasteiger partial charge in [0.05, 0.1) is 12.3 Å². The number of carbonyl (C=O) groups excluding carboxylic acids is 1. The minimum atomic E-state index is -0.416. The summed E-state index contributed by atoms with van der Waals surface area (Å²) < 4.78 is 6.69. The molecule has 0 bridgehead atoms. The van der Waals surface area contributed by atoms with E-state index >= 15 is 0 Å². The van der Waals surface area contributed by atoms with E-state index in [9.17, 15) is 4.79 Å². The van der Waals surface area contributed by atoms with Crippen molar-refractivity contribution < 1.29 is 9.53 Å². The van der Waals surface area contributed by atoms with Crippen molar-refractivity contribution in [3.8, 4) is 0 Å². The summed E-state index contributed by atoms with van der Waals surface area (Å²) in [6.45, 7) is 8.07. The van der Waals surface area contributed by atoms with Crippen molar-refractivity contribution in [2.24, 2.45) is 5.92 Å². The van der Waals surface area contributed by atoms with E-state index in [1.54, 1.807) is 17.5 Å². The lowest BCUT2D eigenvalue weighted by atomic mass is 9.82. The second-order valence-electron chi connectivity index (χ2n) is 5.93. The SMILES string of the molecule is C=C(C)c1cc(CC2CCC2)nc2cc(C(=O)OCC)nn12. The molecule has 1 fully saturated rings. The Balaban J connectivity index is 2.01. The molecule has 0 saturated heterocycles. The van der Waals surface area contributed by atoms with Crippen molar-refractivity contribution in [3.05, 3.63) is 35.8 Å². The van der Waals surface area contributed by atoms with Crippen LogP contribution in [-0.2, 0) is 11.2 Å². The number of ether oxygens (including phenoxy) is 1. The highest BCUT2D eigenvalue weighted by Gasteiger charge is 2.20. The molecular weight excluding hydrogens is 278 g/mol. The van der Waals surface area contributed by atoms with Gasteiger partial charge in [0.1, 0.15) is 0 Å². The number of hydrogen-bond donors (Lipinski definition) is 0. The number of aromatic nitrogens is 3. The molecule has 0 N–H and O–H groups in total. The normalized spacial score (nSPS) is 14.8. The number of nitrogens with zero attached hydrogens (tertiary/aromatic N) is 3. The van der Waals surface area contributed by atoms with Gasteiger partial charge in [-0.05, 0) is 37.8 Å². The molecule has 22 heavy (non-hydrogen) atoms. The van der Waals surface area contributed by atoms with E-state index in [-0.39, 0.29) is 5.69 Å². The van der Waals surface area contributed by atoms with E-state index in [1.807, 2.05) is 13.0 Å². The summed E-state index contributed by atoms with van der Waals surface area (Å²) in [5.74, 6) is 0.321. The van der Waals surface area contributed by atoms with E-state index in [1.165, 1.54) is 19.3 Å². The zero-order valence-corrected chi connectivity index (χ0v) is 13.1. The van der Waals surface area contributed by atoms with Crippen LogP contribution in [0.5, 0.6) is 0 Å². The van der Waals surface area contributed by atoms with E-state index in [2.05, 4.69) is 16.7 Å². The molecule has 0 amide bonds. The van der Waals surface area contributed by atoms with Crippen molar-refractivity contribution in [1.82, 2.24) is 14.6 Å². The maximum absolute atomic E-state index is 11.9.